The largest absolute Gasteiger partial charge is 0.477 e. The maximum absolute atomic E-state index is 12.8. The van der Waals surface area contributed by atoms with Gasteiger partial charge in [-0.25, -0.2) is 8.98 Å². The van der Waals surface area contributed by atoms with E-state index in [1.54, 1.807) is 0 Å². The van der Waals surface area contributed by atoms with Crippen molar-refractivity contribution in [1.82, 2.24) is 10.6 Å². The molecular formula is C43H74N2O36S. The first-order chi connectivity index (χ1) is 38.3. The molecule has 82 heavy (non-hydrogen) atoms. The van der Waals surface area contributed by atoms with Crippen LogP contribution in [0.5, 0.6) is 0 Å². The highest BCUT2D eigenvalue weighted by molar-refractivity contribution is 7.80. The van der Waals surface area contributed by atoms with Crippen molar-refractivity contribution in [2.75, 3.05) is 39.6 Å². The van der Waals surface area contributed by atoms with Crippen LogP contribution in [0, 0.1) is 0 Å². The van der Waals surface area contributed by atoms with Crippen molar-refractivity contribution in [3.8, 4) is 0 Å². The Kier molecular flexibility index (Phi) is 25.3. The highest BCUT2D eigenvalue weighted by atomic mass is 32.3. The predicted molar refractivity (Wildman–Crippen MR) is 251 cm³/mol. The molecule has 2 amide bonds. The van der Waals surface area contributed by atoms with Gasteiger partial charge in [-0.2, -0.15) is 8.42 Å². The first-order valence-electron chi connectivity index (χ1n) is 25.2. The summed E-state index contributed by atoms with van der Waals surface area (Å²) in [7, 11) is -5.37. The summed E-state index contributed by atoms with van der Waals surface area (Å²) in [6.07, 6.45) is -58.3. The molecule has 0 radical (unpaired) electrons. The van der Waals surface area contributed by atoms with E-state index >= 15 is 0 Å². The number of carboxylic acid groups (broad SMARTS) is 1. The lowest BCUT2D eigenvalue weighted by atomic mass is 9.88. The minimum Gasteiger partial charge on any atom is -0.477 e. The Balaban J connectivity index is 1.40. The van der Waals surface area contributed by atoms with Gasteiger partial charge in [-0.1, -0.05) is 0 Å². The SMILES string of the molecule is CC(=O)N[C@H]1[C@H](O[C@H]2[C@@H](O)[C@@H](CO)O[C@@H](O[C@@H]([C@H](O[C@@H]3O[C@@H](C)[C@@H](O)[C@@H](O)[C@@H]3O)[C@@H](O)CO)[C@H](O)COS(=O)(=O)O)[C@@H]2O)O[C@H](CO)[C@@H](O[C@@H]2O[C@H](CO[C@]3(C(=O)O)C[C@H](O)[C@@H](NC(C)=O)[C@H]([C@H](O)[C@H](O)CO)O3)[C@H](O)[C@H](O)[C@H]2O)[C@@H]1O. The molecule has 0 aromatic carbocycles. The maximum Gasteiger partial charge on any atom is 0.397 e. The highest BCUT2D eigenvalue weighted by Gasteiger charge is 2.59. The summed E-state index contributed by atoms with van der Waals surface area (Å²) < 4.78 is 93.1. The fourth-order valence-electron chi connectivity index (χ4n) is 9.60. The van der Waals surface area contributed by atoms with Crippen molar-refractivity contribution in [1.29, 1.82) is 0 Å². The minimum absolute atomic E-state index is 0.809. The van der Waals surface area contributed by atoms with E-state index in [2.05, 4.69) is 14.8 Å². The number of rotatable bonds is 26. The number of hydrogen-bond acceptors (Lipinski definition) is 34. The lowest BCUT2D eigenvalue weighted by molar-refractivity contribution is -0.379. The number of ether oxygens (including phenoxy) is 10. The van der Waals surface area contributed by atoms with Crippen LogP contribution in [0.3, 0.4) is 0 Å². The molecule has 38 nitrogen and oxygen atoms in total. The molecule has 5 aliphatic heterocycles. The zero-order chi connectivity index (χ0) is 61.6. The third kappa shape index (κ3) is 16.4. The number of carbonyl (C=O) groups excluding carboxylic acids is 2. The second-order valence-corrected chi connectivity index (χ2v) is 21.1. The third-order valence-corrected chi connectivity index (χ3v) is 14.4. The van der Waals surface area contributed by atoms with Crippen molar-refractivity contribution >= 4 is 28.2 Å². The summed E-state index contributed by atoms with van der Waals surface area (Å²) >= 11 is 0. The molecular weight excluding hydrogens is 1150 g/mol. The van der Waals surface area contributed by atoms with E-state index in [1.165, 1.54) is 6.92 Å². The molecule has 0 saturated carbocycles. The van der Waals surface area contributed by atoms with Crippen LogP contribution in [0.25, 0.3) is 0 Å². The monoisotopic (exact) mass is 1230 g/mol. The van der Waals surface area contributed by atoms with Crippen LogP contribution < -0.4 is 10.6 Å². The fourth-order valence-corrected chi connectivity index (χ4v) is 9.91. The molecule has 0 aromatic heterocycles. The maximum atomic E-state index is 12.8. The summed E-state index contributed by atoms with van der Waals surface area (Å²) in [5.74, 6) is -6.80. The summed E-state index contributed by atoms with van der Waals surface area (Å²) in [5.41, 5.74) is 0. The van der Waals surface area contributed by atoms with Crippen molar-refractivity contribution < 1.29 is 176 Å². The molecule has 0 unspecified atom stereocenters. The zero-order valence-corrected chi connectivity index (χ0v) is 44.4. The van der Waals surface area contributed by atoms with Crippen LogP contribution in [0.4, 0.5) is 0 Å². The van der Waals surface area contributed by atoms with E-state index in [-0.39, 0.29) is 0 Å². The minimum atomic E-state index is -5.37. The number of amides is 2. The van der Waals surface area contributed by atoms with Crippen molar-refractivity contribution in [3.63, 3.8) is 0 Å². The molecule has 30 atom stereocenters. The molecule has 5 heterocycles. The van der Waals surface area contributed by atoms with Gasteiger partial charge in [0.15, 0.2) is 25.2 Å². The molecule has 5 rings (SSSR count). The first-order valence-corrected chi connectivity index (χ1v) is 26.5. The van der Waals surface area contributed by atoms with E-state index in [0.29, 0.717) is 0 Å². The van der Waals surface area contributed by atoms with Gasteiger partial charge in [0, 0.05) is 20.3 Å². The van der Waals surface area contributed by atoms with Crippen LogP contribution in [-0.2, 0) is 76.3 Å². The first kappa shape index (κ1) is 69.9. The average molecular weight is 1230 g/mol. The summed E-state index contributed by atoms with van der Waals surface area (Å²) in [5, 5.41) is 209. The lowest BCUT2D eigenvalue weighted by Crippen LogP contribution is -2.70. The van der Waals surface area contributed by atoms with Gasteiger partial charge in [0.05, 0.1) is 57.9 Å². The lowest BCUT2D eigenvalue weighted by Gasteiger charge is -2.50. The Bertz CT molecular complexity index is 2160. The van der Waals surface area contributed by atoms with E-state index in [1.807, 2.05) is 0 Å². The smallest absolute Gasteiger partial charge is 0.397 e. The van der Waals surface area contributed by atoms with Gasteiger partial charge in [-0.15, -0.1) is 0 Å². The fraction of sp³-hybridized carbons (Fsp3) is 0.930. The number of carboxylic acids is 1. The molecule has 39 heteroatoms. The molecule has 0 aliphatic carbocycles. The molecule has 478 valence electrons. The number of hydrogen-bond donors (Lipinski definition) is 22. The molecule has 5 saturated heterocycles. The second kappa shape index (κ2) is 29.7. The van der Waals surface area contributed by atoms with Crippen LogP contribution in [0.1, 0.15) is 27.2 Å². The zero-order valence-electron chi connectivity index (χ0n) is 43.6. The quantitative estimate of drug-likeness (QED) is 0.0358. The molecule has 0 spiro atoms. The summed E-state index contributed by atoms with van der Waals surface area (Å²) in [6.45, 7) is -4.30. The number of carbonyl (C=O) groups is 3. The summed E-state index contributed by atoms with van der Waals surface area (Å²) in [6, 6.07) is -3.58. The van der Waals surface area contributed by atoms with Crippen molar-refractivity contribution in [3.05, 3.63) is 0 Å². The normalized spacial score (nSPS) is 42.5. The summed E-state index contributed by atoms with van der Waals surface area (Å²) in [4.78, 5) is 37.4. The molecule has 5 fully saturated rings. The van der Waals surface area contributed by atoms with Crippen LogP contribution in [0.15, 0.2) is 0 Å². The Morgan fingerprint density at radius 1 is 0.598 bits per heavy atom. The second-order valence-electron chi connectivity index (χ2n) is 20.0. The van der Waals surface area contributed by atoms with Crippen LogP contribution >= 0.6 is 0 Å². The Morgan fingerprint density at radius 3 is 1.66 bits per heavy atom. The molecule has 5 aliphatic rings. The van der Waals surface area contributed by atoms with Gasteiger partial charge in [-0.3, -0.25) is 14.1 Å². The highest BCUT2D eigenvalue weighted by Crippen LogP contribution is 2.37. The van der Waals surface area contributed by atoms with E-state index < -0.39 is 258 Å². The number of nitrogens with one attached hydrogen (secondary N) is 2. The van der Waals surface area contributed by atoms with E-state index in [9.17, 15) is 124 Å². The predicted octanol–water partition coefficient (Wildman–Crippen LogP) is -14.1. The van der Waals surface area contributed by atoms with E-state index in [0.717, 1.165) is 13.8 Å². The van der Waals surface area contributed by atoms with Gasteiger partial charge >= 0.3 is 16.4 Å². The number of aliphatic hydroxyl groups excluding tert-OH is 18. The standard InChI is InChI=1S/C43H74N2O36S/c1-11-23(56)28(61)30(63)39(73-11)77-33(16(54)6-47)34(17(55)9-72-82(68,69)70)78-41-32(65)37(26(59)18(7-48)74-41)80-38-22(45-13(3)51)27(60)35(19(8-49)75-38)79-40-31(64)29(62)25(58)20(76-40)10-71-43(42(66)67)4-14(52)21(44-12(2)50)36(81-43)24(57)15(53)5-46/h11,14-41,46-49,52-65H,4-10H2,1-3H3,(H,44,50)(H,45,51)(H,66,67)(H,68,69,70)/t11-,14-,15+,16-,17+,18+,19+,20+,21+,22+,23+,24+,25-,26-,27+,28+,29-,30-,31+,32+,33+,34+,35+,36+,37-,38-,39-,40-,41-,43+/m0/s1. The molecule has 0 aromatic rings. The van der Waals surface area contributed by atoms with Gasteiger partial charge in [0.1, 0.15) is 134 Å². The van der Waals surface area contributed by atoms with Gasteiger partial charge < -0.3 is 155 Å². The van der Waals surface area contributed by atoms with Gasteiger partial charge in [0.2, 0.25) is 11.8 Å². The average Bonchev–Trinajstić information content (AvgIpc) is 3.61. The van der Waals surface area contributed by atoms with Crippen molar-refractivity contribution in [2.24, 2.45) is 0 Å². The van der Waals surface area contributed by atoms with Crippen LogP contribution in [0.2, 0.25) is 0 Å². The van der Waals surface area contributed by atoms with E-state index in [4.69, 9.17) is 47.4 Å². The molecule has 0 bridgehead atoms. The Morgan fingerprint density at radius 2 is 1.11 bits per heavy atom. The molecule has 22 N–H and O–H groups in total. The van der Waals surface area contributed by atoms with Crippen LogP contribution in [-0.4, -0.2) is 351 Å². The Labute approximate surface area is 464 Å². The van der Waals surface area contributed by atoms with Crippen molar-refractivity contribution in [2.45, 2.75) is 211 Å². The topological polar surface area (TPSA) is 616 Å². The Hall–Kier alpha value is -2.84. The van der Waals surface area contributed by atoms with Gasteiger partial charge in [-0.05, 0) is 6.92 Å². The third-order valence-electron chi connectivity index (χ3n) is 14.0. The number of aliphatic hydroxyl groups is 18. The van der Waals surface area contributed by atoms with Gasteiger partial charge in [0.25, 0.3) is 5.79 Å². The number of aliphatic carboxylic acids is 1.